The summed E-state index contributed by atoms with van der Waals surface area (Å²) in [5, 5.41) is 52.8. The molecule has 0 radical (unpaired) electrons. The van der Waals surface area contributed by atoms with Gasteiger partial charge in [-0.25, -0.2) is 0 Å². The predicted molar refractivity (Wildman–Crippen MR) is 119 cm³/mol. The Morgan fingerprint density at radius 1 is 1.25 bits per heavy atom. The zero-order valence-electron chi connectivity index (χ0n) is 17.6. The van der Waals surface area contributed by atoms with Crippen molar-refractivity contribution in [2.24, 2.45) is 5.41 Å². The number of ether oxygens (including phenoxy) is 1. The number of aliphatic hydroxyl groups excluding tert-OH is 4. The SMILES string of the molecule is CC1(C)CC(=O)c2c(-c3cccs3)c(C#N)c(=S)n([C@@H]3O[C@H](CO)[C@@H](O)[C@H](O)[C@H]3O)c2C1. The van der Waals surface area contributed by atoms with Crippen molar-refractivity contribution in [3.05, 3.63) is 39.0 Å². The molecule has 2 aromatic heterocycles. The van der Waals surface area contributed by atoms with E-state index in [1.54, 1.807) is 0 Å². The van der Waals surface area contributed by atoms with E-state index in [9.17, 15) is 30.5 Å². The van der Waals surface area contributed by atoms with Crippen LogP contribution in [0, 0.1) is 21.4 Å². The third kappa shape index (κ3) is 3.64. The fourth-order valence-electron chi connectivity index (χ4n) is 4.59. The molecule has 0 unspecified atom stereocenters. The number of carbonyl (C=O) groups is 1. The third-order valence-electron chi connectivity index (χ3n) is 6.08. The summed E-state index contributed by atoms with van der Waals surface area (Å²) < 4.78 is 7.24. The maximum atomic E-state index is 13.4. The zero-order chi connectivity index (χ0) is 23.4. The molecule has 1 aliphatic carbocycles. The van der Waals surface area contributed by atoms with Gasteiger partial charge in [0.2, 0.25) is 0 Å². The van der Waals surface area contributed by atoms with Crippen LogP contribution in [0.3, 0.4) is 0 Å². The summed E-state index contributed by atoms with van der Waals surface area (Å²) in [7, 11) is 0. The van der Waals surface area contributed by atoms with Gasteiger partial charge in [0.15, 0.2) is 12.0 Å². The lowest BCUT2D eigenvalue weighted by molar-refractivity contribution is -0.252. The Balaban J connectivity index is 2.05. The number of fused-ring (bicyclic) bond motifs is 1. The van der Waals surface area contributed by atoms with Gasteiger partial charge in [0.05, 0.1) is 12.2 Å². The molecule has 0 aromatic carbocycles. The molecule has 10 heteroatoms. The molecule has 1 aliphatic heterocycles. The van der Waals surface area contributed by atoms with Gasteiger partial charge < -0.3 is 29.7 Å². The third-order valence-corrected chi connectivity index (χ3v) is 7.37. The highest BCUT2D eigenvalue weighted by atomic mass is 32.1. The van der Waals surface area contributed by atoms with E-state index in [0.29, 0.717) is 23.2 Å². The molecule has 3 heterocycles. The fourth-order valence-corrected chi connectivity index (χ4v) is 5.73. The van der Waals surface area contributed by atoms with E-state index in [0.717, 1.165) is 4.88 Å². The fraction of sp³-hybridized carbons (Fsp3) is 0.500. The number of hydrogen-bond donors (Lipinski definition) is 4. The first kappa shape index (κ1) is 23.2. The van der Waals surface area contributed by atoms with Crippen molar-refractivity contribution in [2.45, 2.75) is 57.3 Å². The van der Waals surface area contributed by atoms with Crippen LogP contribution in [0.15, 0.2) is 17.5 Å². The first-order chi connectivity index (χ1) is 15.1. The summed E-state index contributed by atoms with van der Waals surface area (Å²) in [5.74, 6) is -0.149. The molecule has 0 amide bonds. The van der Waals surface area contributed by atoms with Gasteiger partial charge in [-0.1, -0.05) is 32.1 Å². The Morgan fingerprint density at radius 2 is 1.97 bits per heavy atom. The van der Waals surface area contributed by atoms with Crippen molar-refractivity contribution in [2.75, 3.05) is 6.61 Å². The molecule has 0 bridgehead atoms. The maximum Gasteiger partial charge on any atom is 0.165 e. The predicted octanol–water partition coefficient (Wildman–Crippen LogP) is 1.95. The molecule has 0 saturated carbocycles. The number of pyridine rings is 1. The molecule has 5 atom stereocenters. The van der Waals surface area contributed by atoms with E-state index in [1.165, 1.54) is 15.9 Å². The Kier molecular flexibility index (Phi) is 6.11. The standard InChI is InChI=1S/C22H24N2O6S2/c1-22(2)6-11-16(12(26)7-22)15(14-4-3-5-32-14)10(8-23)21(31)24(11)20-19(29)18(28)17(27)13(9-25)30-20/h3-5,13,17-20,25,27-29H,6-7,9H2,1-2H3/t13-,17-,18+,19-,20-/m1/s1. The molecule has 170 valence electrons. The quantitative estimate of drug-likeness (QED) is 0.494. The van der Waals surface area contributed by atoms with Gasteiger partial charge in [0.25, 0.3) is 0 Å². The van der Waals surface area contributed by atoms with Gasteiger partial charge in [-0.3, -0.25) is 4.79 Å². The zero-order valence-corrected chi connectivity index (χ0v) is 19.2. The molecule has 0 spiro atoms. The first-order valence-electron chi connectivity index (χ1n) is 10.2. The van der Waals surface area contributed by atoms with Crippen LogP contribution in [-0.4, -0.2) is 61.8 Å². The molecule has 4 N–H and O–H groups in total. The van der Waals surface area contributed by atoms with Gasteiger partial charge in [0.1, 0.15) is 35.1 Å². The van der Waals surface area contributed by atoms with E-state index in [1.807, 2.05) is 31.4 Å². The molecule has 32 heavy (non-hydrogen) atoms. The van der Waals surface area contributed by atoms with Crippen LogP contribution in [0.5, 0.6) is 0 Å². The molecule has 2 aliphatic rings. The number of nitriles is 1. The number of aromatic nitrogens is 1. The number of Topliss-reactive ketones (excluding diaryl/α,β-unsaturated/α-hetero) is 1. The smallest absolute Gasteiger partial charge is 0.165 e. The summed E-state index contributed by atoms with van der Waals surface area (Å²) in [6.07, 6.45) is -6.49. The summed E-state index contributed by atoms with van der Waals surface area (Å²) in [4.78, 5) is 14.1. The van der Waals surface area contributed by atoms with Crippen LogP contribution in [0.4, 0.5) is 0 Å². The lowest BCUT2D eigenvalue weighted by Gasteiger charge is -2.43. The average molecular weight is 477 g/mol. The van der Waals surface area contributed by atoms with Gasteiger partial charge in [-0.2, -0.15) is 5.26 Å². The average Bonchev–Trinajstić information content (AvgIpc) is 3.26. The molecule has 4 rings (SSSR count). The van der Waals surface area contributed by atoms with E-state index in [4.69, 9.17) is 17.0 Å². The van der Waals surface area contributed by atoms with E-state index in [2.05, 4.69) is 6.07 Å². The molecular formula is C22H24N2O6S2. The van der Waals surface area contributed by atoms with E-state index >= 15 is 0 Å². The first-order valence-corrected chi connectivity index (χ1v) is 11.5. The monoisotopic (exact) mass is 476 g/mol. The van der Waals surface area contributed by atoms with E-state index in [-0.39, 0.29) is 22.4 Å². The van der Waals surface area contributed by atoms with Crippen LogP contribution in [0.1, 0.15) is 48.1 Å². The molecule has 1 saturated heterocycles. The largest absolute Gasteiger partial charge is 0.394 e. The van der Waals surface area contributed by atoms with E-state index < -0.39 is 42.7 Å². The minimum absolute atomic E-state index is 0.0597. The minimum Gasteiger partial charge on any atom is -0.394 e. The summed E-state index contributed by atoms with van der Waals surface area (Å²) in [6.45, 7) is 3.29. The van der Waals surface area contributed by atoms with Gasteiger partial charge >= 0.3 is 0 Å². The lowest BCUT2D eigenvalue weighted by Crippen LogP contribution is -2.57. The van der Waals surface area contributed by atoms with Crippen LogP contribution in [0.2, 0.25) is 0 Å². The normalized spacial score (nSPS) is 29.4. The topological polar surface area (TPSA) is 136 Å². The molecule has 2 aromatic rings. The van der Waals surface area contributed by atoms with Gasteiger partial charge in [-0.05, 0) is 23.3 Å². The maximum absolute atomic E-state index is 13.4. The second-order valence-electron chi connectivity index (χ2n) is 9.00. The minimum atomic E-state index is -1.61. The summed E-state index contributed by atoms with van der Waals surface area (Å²) in [6, 6.07) is 5.76. The van der Waals surface area contributed by atoms with Crippen molar-refractivity contribution in [3.63, 3.8) is 0 Å². The number of thiophene rings is 1. The molecular weight excluding hydrogens is 452 g/mol. The number of rotatable bonds is 3. The number of aliphatic hydroxyl groups is 4. The van der Waals surface area contributed by atoms with Crippen LogP contribution in [0.25, 0.3) is 10.4 Å². The van der Waals surface area contributed by atoms with Crippen molar-refractivity contribution < 1.29 is 30.0 Å². The summed E-state index contributed by atoms with van der Waals surface area (Å²) in [5.41, 5.74) is 1.02. The van der Waals surface area contributed by atoms with Crippen molar-refractivity contribution in [3.8, 4) is 16.5 Å². The molecule has 8 nitrogen and oxygen atoms in total. The number of ketones is 1. The van der Waals surface area contributed by atoms with Crippen molar-refractivity contribution in [1.29, 1.82) is 5.26 Å². The van der Waals surface area contributed by atoms with Crippen molar-refractivity contribution in [1.82, 2.24) is 4.57 Å². The van der Waals surface area contributed by atoms with Gasteiger partial charge in [0, 0.05) is 28.1 Å². The Hall–Kier alpha value is -1.97. The number of carbonyl (C=O) groups excluding carboxylic acids is 1. The Bertz CT molecular complexity index is 1150. The number of hydrogen-bond acceptors (Lipinski definition) is 9. The molecule has 1 fully saturated rings. The lowest BCUT2D eigenvalue weighted by atomic mass is 9.73. The highest BCUT2D eigenvalue weighted by molar-refractivity contribution is 7.71. The van der Waals surface area contributed by atoms with Crippen LogP contribution in [-0.2, 0) is 11.2 Å². The van der Waals surface area contributed by atoms with Gasteiger partial charge in [-0.15, -0.1) is 11.3 Å². The Labute approximate surface area is 193 Å². The number of nitrogens with zero attached hydrogens (tertiary/aromatic N) is 2. The van der Waals surface area contributed by atoms with Crippen molar-refractivity contribution >= 4 is 29.3 Å². The van der Waals surface area contributed by atoms with Crippen LogP contribution < -0.4 is 0 Å². The Morgan fingerprint density at radius 3 is 2.56 bits per heavy atom. The summed E-state index contributed by atoms with van der Waals surface area (Å²) >= 11 is 7.05. The van der Waals surface area contributed by atoms with Crippen LogP contribution >= 0.6 is 23.6 Å². The second kappa shape index (κ2) is 8.43. The highest BCUT2D eigenvalue weighted by Gasteiger charge is 2.46. The highest BCUT2D eigenvalue weighted by Crippen LogP contribution is 2.44. The second-order valence-corrected chi connectivity index (χ2v) is 10.3.